The maximum absolute atomic E-state index is 13.3. The zero-order chi connectivity index (χ0) is 17.6. The summed E-state index contributed by atoms with van der Waals surface area (Å²) in [6.07, 6.45) is 2.83. The van der Waals surface area contributed by atoms with E-state index in [4.69, 9.17) is 10.5 Å². The van der Waals surface area contributed by atoms with Crippen LogP contribution in [0.4, 0.5) is 0 Å². The van der Waals surface area contributed by atoms with Gasteiger partial charge in [-0.2, -0.15) is 4.31 Å². The summed E-state index contributed by atoms with van der Waals surface area (Å²) in [5.74, 6) is 0.00698. The lowest BCUT2D eigenvalue weighted by Gasteiger charge is -2.26. The molecular weight excluding hydrogens is 328 g/mol. The van der Waals surface area contributed by atoms with Gasteiger partial charge in [-0.1, -0.05) is 12.5 Å². The lowest BCUT2D eigenvalue weighted by atomic mass is 9.94. The number of methoxy groups -OCH3 is 1. The molecule has 1 saturated carbocycles. The van der Waals surface area contributed by atoms with E-state index in [1.807, 2.05) is 13.0 Å². The highest BCUT2D eigenvalue weighted by molar-refractivity contribution is 7.89. The molecule has 2 fully saturated rings. The van der Waals surface area contributed by atoms with Gasteiger partial charge in [-0.25, -0.2) is 8.42 Å². The van der Waals surface area contributed by atoms with E-state index in [-0.39, 0.29) is 16.7 Å². The number of hydrogen-bond acceptors (Lipinski definition) is 4. The van der Waals surface area contributed by atoms with E-state index in [2.05, 4.69) is 0 Å². The summed E-state index contributed by atoms with van der Waals surface area (Å²) in [5.41, 5.74) is 7.12. The largest absolute Gasteiger partial charge is 0.495 e. The minimum absolute atomic E-state index is 0.0361. The van der Waals surface area contributed by atoms with Gasteiger partial charge < -0.3 is 10.5 Å². The Hall–Kier alpha value is -1.60. The molecule has 0 bridgehead atoms. The monoisotopic (exact) mass is 352 g/mol. The summed E-state index contributed by atoms with van der Waals surface area (Å²) in [4.78, 5) is 12.2. The van der Waals surface area contributed by atoms with Crippen molar-refractivity contribution >= 4 is 15.9 Å². The fourth-order valence-corrected chi connectivity index (χ4v) is 6.43. The van der Waals surface area contributed by atoms with Crippen LogP contribution in [0.5, 0.6) is 5.75 Å². The highest BCUT2D eigenvalue weighted by Crippen LogP contribution is 2.45. The highest BCUT2D eigenvalue weighted by Gasteiger charge is 2.52. The number of amides is 1. The Morgan fingerprint density at radius 3 is 2.62 bits per heavy atom. The van der Waals surface area contributed by atoms with E-state index in [1.54, 1.807) is 13.0 Å². The van der Waals surface area contributed by atoms with Crippen LogP contribution < -0.4 is 10.5 Å². The Bertz CT molecular complexity index is 775. The number of carbonyl (C=O) groups is 1. The third-order valence-corrected chi connectivity index (χ3v) is 7.34. The van der Waals surface area contributed by atoms with Gasteiger partial charge in [0, 0.05) is 6.54 Å². The van der Waals surface area contributed by atoms with Crippen LogP contribution in [-0.4, -0.2) is 38.3 Å². The molecule has 7 heteroatoms. The quantitative estimate of drug-likeness (QED) is 0.891. The van der Waals surface area contributed by atoms with Crippen LogP contribution in [0.25, 0.3) is 0 Å². The number of nitrogens with two attached hydrogens (primary N) is 1. The second kappa shape index (κ2) is 6.04. The number of ether oxygens (including phenoxy) is 1. The van der Waals surface area contributed by atoms with Crippen molar-refractivity contribution in [3.63, 3.8) is 0 Å². The predicted molar refractivity (Wildman–Crippen MR) is 90.2 cm³/mol. The second-order valence-corrected chi connectivity index (χ2v) is 8.72. The normalized spacial score (nSPS) is 27.2. The van der Waals surface area contributed by atoms with Crippen molar-refractivity contribution in [2.75, 3.05) is 13.7 Å². The lowest BCUT2D eigenvalue weighted by molar-refractivity contribution is -0.122. The number of primary amides is 1. The van der Waals surface area contributed by atoms with E-state index in [9.17, 15) is 13.2 Å². The number of aryl methyl sites for hydroxylation is 2. The summed E-state index contributed by atoms with van der Waals surface area (Å²) in [7, 11) is -2.40. The van der Waals surface area contributed by atoms with Crippen LogP contribution >= 0.6 is 0 Å². The molecule has 1 saturated heterocycles. The first-order chi connectivity index (χ1) is 11.3. The lowest BCUT2D eigenvalue weighted by Crippen LogP contribution is -2.46. The molecule has 3 rings (SSSR count). The number of nitrogens with zero attached hydrogens (tertiary/aromatic N) is 1. The Morgan fingerprint density at radius 2 is 2.00 bits per heavy atom. The standard InChI is InChI=1S/C17H24N2O4S/c1-10-7-11(2)16(14(8-10)23-3)24(21,22)19-9-12-5-4-6-13(12)15(19)17(18)20/h7-8,12-13,15H,4-6,9H2,1-3H3,(H2,18,20). The SMILES string of the molecule is COc1cc(C)cc(C)c1S(=O)(=O)N1CC2CCCC2C1C(N)=O. The maximum Gasteiger partial charge on any atom is 0.247 e. The van der Waals surface area contributed by atoms with Crippen molar-refractivity contribution < 1.29 is 17.9 Å². The highest BCUT2D eigenvalue weighted by atomic mass is 32.2. The average Bonchev–Trinajstić information content (AvgIpc) is 3.05. The van der Waals surface area contributed by atoms with Crippen molar-refractivity contribution in [3.8, 4) is 5.75 Å². The number of rotatable bonds is 4. The first kappa shape index (κ1) is 17.2. The van der Waals surface area contributed by atoms with Gasteiger partial charge in [0.1, 0.15) is 16.7 Å². The summed E-state index contributed by atoms with van der Waals surface area (Å²) < 4.78 is 33.3. The van der Waals surface area contributed by atoms with Gasteiger partial charge in [-0.05, 0) is 55.7 Å². The van der Waals surface area contributed by atoms with Crippen LogP contribution in [0, 0.1) is 25.7 Å². The molecule has 2 aliphatic rings. The fraction of sp³-hybridized carbons (Fsp3) is 0.588. The van der Waals surface area contributed by atoms with E-state index >= 15 is 0 Å². The van der Waals surface area contributed by atoms with Gasteiger partial charge in [0.05, 0.1) is 7.11 Å². The molecule has 3 atom stereocenters. The molecule has 0 aromatic heterocycles. The molecule has 3 unspecified atom stereocenters. The van der Waals surface area contributed by atoms with Crippen molar-refractivity contribution in [1.82, 2.24) is 4.31 Å². The zero-order valence-electron chi connectivity index (χ0n) is 14.3. The molecular formula is C17H24N2O4S. The molecule has 1 aromatic carbocycles. The molecule has 1 aliphatic carbocycles. The van der Waals surface area contributed by atoms with Gasteiger partial charge in [-0.15, -0.1) is 0 Å². The van der Waals surface area contributed by atoms with Crippen molar-refractivity contribution in [2.45, 2.75) is 44.0 Å². The number of carbonyl (C=O) groups excluding carboxylic acids is 1. The summed E-state index contributed by atoms with van der Waals surface area (Å²) >= 11 is 0. The average molecular weight is 352 g/mol. The zero-order valence-corrected chi connectivity index (χ0v) is 15.1. The van der Waals surface area contributed by atoms with Crippen LogP contribution in [-0.2, 0) is 14.8 Å². The summed E-state index contributed by atoms with van der Waals surface area (Å²) in [5, 5.41) is 0. The first-order valence-corrected chi connectivity index (χ1v) is 9.67. The Kier molecular flexibility index (Phi) is 4.34. The van der Waals surface area contributed by atoms with Gasteiger partial charge in [0.2, 0.25) is 15.9 Å². The minimum atomic E-state index is -3.86. The molecule has 0 spiro atoms. The Labute approximate surface area is 143 Å². The molecule has 132 valence electrons. The van der Waals surface area contributed by atoms with Crippen LogP contribution in [0.15, 0.2) is 17.0 Å². The van der Waals surface area contributed by atoms with E-state index < -0.39 is 22.0 Å². The van der Waals surface area contributed by atoms with E-state index in [0.29, 0.717) is 17.9 Å². The molecule has 1 amide bonds. The molecule has 24 heavy (non-hydrogen) atoms. The second-order valence-electron chi connectivity index (χ2n) is 6.89. The van der Waals surface area contributed by atoms with E-state index in [1.165, 1.54) is 11.4 Å². The van der Waals surface area contributed by atoms with Crippen LogP contribution in [0.1, 0.15) is 30.4 Å². The summed E-state index contributed by atoms with van der Waals surface area (Å²) in [6, 6.07) is 2.76. The number of sulfonamides is 1. The molecule has 6 nitrogen and oxygen atoms in total. The van der Waals surface area contributed by atoms with Gasteiger partial charge in [-0.3, -0.25) is 4.79 Å². The van der Waals surface area contributed by atoms with Crippen LogP contribution in [0.3, 0.4) is 0 Å². The number of fused-ring (bicyclic) bond motifs is 1. The molecule has 1 heterocycles. The molecule has 1 aliphatic heterocycles. The van der Waals surface area contributed by atoms with Crippen molar-refractivity contribution in [3.05, 3.63) is 23.3 Å². The predicted octanol–water partition coefficient (Wildman–Crippen LogP) is 1.59. The first-order valence-electron chi connectivity index (χ1n) is 8.23. The number of benzene rings is 1. The van der Waals surface area contributed by atoms with Gasteiger partial charge >= 0.3 is 0 Å². The van der Waals surface area contributed by atoms with Crippen molar-refractivity contribution in [2.24, 2.45) is 17.6 Å². The fourth-order valence-electron chi connectivity index (χ4n) is 4.38. The molecule has 0 radical (unpaired) electrons. The molecule has 1 aromatic rings. The smallest absolute Gasteiger partial charge is 0.247 e. The Morgan fingerprint density at radius 1 is 1.29 bits per heavy atom. The van der Waals surface area contributed by atoms with Crippen LogP contribution in [0.2, 0.25) is 0 Å². The summed E-state index contributed by atoms with van der Waals surface area (Å²) in [6.45, 7) is 3.99. The van der Waals surface area contributed by atoms with Gasteiger partial charge in [0.15, 0.2) is 0 Å². The topological polar surface area (TPSA) is 89.7 Å². The third-order valence-electron chi connectivity index (χ3n) is 5.31. The minimum Gasteiger partial charge on any atom is -0.495 e. The third kappa shape index (κ3) is 2.59. The number of hydrogen-bond donors (Lipinski definition) is 1. The molecule has 2 N–H and O–H groups in total. The van der Waals surface area contributed by atoms with E-state index in [0.717, 1.165) is 24.8 Å². The van der Waals surface area contributed by atoms with Crippen molar-refractivity contribution in [1.29, 1.82) is 0 Å². The Balaban J connectivity index is 2.10. The maximum atomic E-state index is 13.3. The van der Waals surface area contributed by atoms with Gasteiger partial charge in [0.25, 0.3) is 0 Å².